The number of nitrogens with one attached hydrogen (secondary N) is 1. The van der Waals surface area contributed by atoms with Crippen molar-refractivity contribution in [1.82, 2.24) is 4.98 Å². The topological polar surface area (TPSA) is 88.6 Å². The third-order valence-corrected chi connectivity index (χ3v) is 5.05. The van der Waals surface area contributed by atoms with Gasteiger partial charge in [0.15, 0.2) is 6.61 Å². The number of esters is 1. The average molecular weight is 415 g/mol. The molecular formula is C24H21N3O4. The Morgan fingerprint density at radius 2 is 2.00 bits per heavy atom. The Morgan fingerprint density at radius 3 is 2.84 bits per heavy atom. The van der Waals surface area contributed by atoms with Crippen molar-refractivity contribution in [2.24, 2.45) is 0 Å². The molecule has 7 heteroatoms. The van der Waals surface area contributed by atoms with Gasteiger partial charge >= 0.3 is 5.97 Å². The molecule has 0 saturated carbocycles. The van der Waals surface area contributed by atoms with Crippen LogP contribution in [0.25, 0.3) is 17.0 Å². The molecule has 2 amide bonds. The highest BCUT2D eigenvalue weighted by molar-refractivity contribution is 5.97. The molecule has 0 aliphatic carbocycles. The first kappa shape index (κ1) is 20.3. The molecule has 1 aromatic heterocycles. The first-order valence-corrected chi connectivity index (χ1v) is 9.91. The molecule has 0 spiro atoms. The largest absolute Gasteiger partial charge is 0.452 e. The van der Waals surface area contributed by atoms with Crippen LogP contribution in [0.4, 0.5) is 11.4 Å². The van der Waals surface area contributed by atoms with Crippen molar-refractivity contribution in [2.45, 2.75) is 13.3 Å². The van der Waals surface area contributed by atoms with Crippen LogP contribution in [-0.4, -0.2) is 35.9 Å². The summed E-state index contributed by atoms with van der Waals surface area (Å²) in [7, 11) is 0. The number of hydrogen-bond donors (Lipinski definition) is 1. The smallest absolute Gasteiger partial charge is 0.331 e. The van der Waals surface area contributed by atoms with Crippen LogP contribution < -0.4 is 10.2 Å². The van der Waals surface area contributed by atoms with Gasteiger partial charge in [-0.2, -0.15) is 0 Å². The van der Waals surface area contributed by atoms with Crippen molar-refractivity contribution in [3.05, 3.63) is 71.9 Å². The van der Waals surface area contributed by atoms with Crippen LogP contribution in [0.1, 0.15) is 18.1 Å². The number of nitrogens with zero attached hydrogens (tertiary/aromatic N) is 2. The van der Waals surface area contributed by atoms with Crippen LogP contribution in [0.2, 0.25) is 0 Å². The number of benzene rings is 2. The lowest BCUT2D eigenvalue weighted by Crippen LogP contribution is -2.25. The Bertz CT molecular complexity index is 1200. The molecule has 0 atom stereocenters. The molecule has 2 heterocycles. The third-order valence-electron chi connectivity index (χ3n) is 5.05. The molecule has 31 heavy (non-hydrogen) atoms. The second kappa shape index (κ2) is 8.79. The number of hydrogen-bond acceptors (Lipinski definition) is 5. The number of pyridine rings is 1. The van der Waals surface area contributed by atoms with Gasteiger partial charge in [-0.05, 0) is 42.3 Å². The standard InChI is InChI=1S/C24H21N3O4/c1-16(28)27-13-11-19-14-20(8-9-21(19)27)26-22(29)15-31-23(30)10-7-18-5-2-4-17-6-3-12-25-24(17)18/h2-10,12,14H,11,13,15H2,1H3,(H,26,29)/b10-7+. The van der Waals surface area contributed by atoms with E-state index in [-0.39, 0.29) is 5.91 Å². The number of ether oxygens (including phenoxy) is 1. The van der Waals surface area contributed by atoms with Gasteiger partial charge in [0.25, 0.3) is 5.91 Å². The van der Waals surface area contributed by atoms with Crippen LogP contribution in [0.15, 0.2) is 60.8 Å². The Morgan fingerprint density at radius 1 is 1.16 bits per heavy atom. The molecule has 7 nitrogen and oxygen atoms in total. The zero-order valence-corrected chi connectivity index (χ0v) is 17.0. The maximum atomic E-state index is 12.2. The van der Waals surface area contributed by atoms with Gasteiger partial charge < -0.3 is 15.0 Å². The SMILES string of the molecule is CC(=O)N1CCc2cc(NC(=O)COC(=O)/C=C/c3cccc4cccnc34)ccc21. The monoisotopic (exact) mass is 415 g/mol. The fraction of sp³-hybridized carbons (Fsp3) is 0.167. The number of carbonyl (C=O) groups excluding carboxylic acids is 3. The minimum atomic E-state index is -0.617. The first-order valence-electron chi connectivity index (χ1n) is 9.91. The molecule has 2 aromatic carbocycles. The van der Waals surface area contributed by atoms with Gasteiger partial charge in [-0.3, -0.25) is 14.6 Å². The Kier molecular flexibility index (Phi) is 5.75. The second-order valence-electron chi connectivity index (χ2n) is 7.18. The van der Waals surface area contributed by atoms with Crippen molar-refractivity contribution in [2.75, 3.05) is 23.4 Å². The summed E-state index contributed by atoms with van der Waals surface area (Å²) in [6, 6.07) is 14.9. The fourth-order valence-corrected chi connectivity index (χ4v) is 3.61. The number of fused-ring (bicyclic) bond motifs is 2. The van der Waals surface area contributed by atoms with Gasteiger partial charge in [-0.1, -0.05) is 24.3 Å². The predicted octanol–water partition coefficient (Wildman–Crippen LogP) is 3.34. The summed E-state index contributed by atoms with van der Waals surface area (Å²) in [6.45, 7) is 1.77. The van der Waals surface area contributed by atoms with E-state index in [2.05, 4.69) is 10.3 Å². The first-order chi connectivity index (χ1) is 15.0. The molecule has 1 N–H and O–H groups in total. The molecule has 3 aromatic rings. The summed E-state index contributed by atoms with van der Waals surface area (Å²) in [5.74, 6) is -1.06. The van der Waals surface area contributed by atoms with Crippen LogP contribution in [0, 0.1) is 0 Å². The quantitative estimate of drug-likeness (QED) is 0.510. The van der Waals surface area contributed by atoms with Gasteiger partial charge in [-0.15, -0.1) is 0 Å². The van der Waals surface area contributed by atoms with E-state index in [9.17, 15) is 14.4 Å². The third kappa shape index (κ3) is 4.61. The lowest BCUT2D eigenvalue weighted by Gasteiger charge is -2.15. The number of rotatable bonds is 5. The average Bonchev–Trinajstić information content (AvgIpc) is 3.20. The number of aromatic nitrogens is 1. The summed E-state index contributed by atoms with van der Waals surface area (Å²) in [6.07, 6.45) is 5.33. The summed E-state index contributed by atoms with van der Waals surface area (Å²) in [5, 5.41) is 3.69. The fourth-order valence-electron chi connectivity index (χ4n) is 3.61. The minimum absolute atomic E-state index is 0.00483. The maximum absolute atomic E-state index is 12.2. The van der Waals surface area contributed by atoms with Crippen LogP contribution in [-0.2, 0) is 25.5 Å². The summed E-state index contributed by atoms with van der Waals surface area (Å²) < 4.78 is 5.04. The van der Waals surface area contributed by atoms with Gasteiger partial charge in [0.2, 0.25) is 5.91 Å². The van der Waals surface area contributed by atoms with Crippen molar-refractivity contribution >= 4 is 46.1 Å². The molecule has 4 rings (SSSR count). The van der Waals surface area contributed by atoms with Gasteiger partial charge in [-0.25, -0.2) is 4.79 Å². The van der Waals surface area contributed by atoms with Crippen LogP contribution in [0.5, 0.6) is 0 Å². The van der Waals surface area contributed by atoms with Crippen molar-refractivity contribution in [1.29, 1.82) is 0 Å². The highest BCUT2D eigenvalue weighted by Crippen LogP contribution is 2.30. The zero-order valence-electron chi connectivity index (χ0n) is 17.0. The normalized spacial score (nSPS) is 12.7. The van der Waals surface area contributed by atoms with Gasteiger partial charge in [0, 0.05) is 48.1 Å². The predicted molar refractivity (Wildman–Crippen MR) is 119 cm³/mol. The summed E-state index contributed by atoms with van der Waals surface area (Å²) in [5.41, 5.74) is 4.04. The number of amides is 2. The Balaban J connectivity index is 1.32. The molecule has 0 fully saturated rings. The molecule has 1 aliphatic heterocycles. The Labute approximate surface area is 179 Å². The summed E-state index contributed by atoms with van der Waals surface area (Å²) in [4.78, 5) is 41.8. The highest BCUT2D eigenvalue weighted by atomic mass is 16.5. The number of carbonyl (C=O) groups is 3. The molecule has 0 saturated heterocycles. The van der Waals surface area contributed by atoms with E-state index in [4.69, 9.17) is 4.74 Å². The molecule has 0 unspecified atom stereocenters. The van der Waals surface area contributed by atoms with Crippen molar-refractivity contribution in [3.8, 4) is 0 Å². The van der Waals surface area contributed by atoms with Crippen molar-refractivity contribution in [3.63, 3.8) is 0 Å². The maximum Gasteiger partial charge on any atom is 0.331 e. The minimum Gasteiger partial charge on any atom is -0.452 e. The van der Waals surface area contributed by atoms with E-state index in [1.165, 1.54) is 13.0 Å². The Hall–Kier alpha value is -4.00. The van der Waals surface area contributed by atoms with Gasteiger partial charge in [0.1, 0.15) is 0 Å². The van der Waals surface area contributed by atoms with Crippen LogP contribution >= 0.6 is 0 Å². The van der Waals surface area contributed by atoms with E-state index in [0.29, 0.717) is 12.2 Å². The molecule has 1 aliphatic rings. The van der Waals surface area contributed by atoms with Crippen LogP contribution in [0.3, 0.4) is 0 Å². The number of para-hydroxylation sites is 1. The van der Waals surface area contributed by atoms with E-state index < -0.39 is 18.5 Å². The molecule has 156 valence electrons. The van der Waals surface area contributed by atoms with E-state index in [1.54, 1.807) is 23.2 Å². The lowest BCUT2D eigenvalue weighted by molar-refractivity contribution is -0.142. The second-order valence-corrected chi connectivity index (χ2v) is 7.18. The highest BCUT2D eigenvalue weighted by Gasteiger charge is 2.22. The lowest BCUT2D eigenvalue weighted by atomic mass is 10.1. The van der Waals surface area contributed by atoms with Crippen molar-refractivity contribution < 1.29 is 19.1 Å². The molecular weight excluding hydrogens is 394 g/mol. The van der Waals surface area contributed by atoms with E-state index in [0.717, 1.165) is 34.1 Å². The van der Waals surface area contributed by atoms with E-state index in [1.807, 2.05) is 42.5 Å². The summed E-state index contributed by atoms with van der Waals surface area (Å²) >= 11 is 0. The molecule has 0 radical (unpaired) electrons. The molecule has 0 bridgehead atoms. The van der Waals surface area contributed by atoms with Gasteiger partial charge in [0.05, 0.1) is 5.52 Å². The van der Waals surface area contributed by atoms with E-state index >= 15 is 0 Å². The number of anilines is 2. The zero-order chi connectivity index (χ0) is 21.8.